The van der Waals surface area contributed by atoms with Gasteiger partial charge in [0.05, 0.1) is 25.0 Å². The van der Waals surface area contributed by atoms with Crippen LogP contribution in [0.1, 0.15) is 33.2 Å². The first kappa shape index (κ1) is 20.3. The molecule has 4 rings (SSSR count). The lowest BCUT2D eigenvalue weighted by Crippen LogP contribution is -2.15. The molecule has 0 spiro atoms. The Kier molecular flexibility index (Phi) is 5.53. The van der Waals surface area contributed by atoms with Gasteiger partial charge in [-0.15, -0.1) is 5.10 Å². The van der Waals surface area contributed by atoms with Gasteiger partial charge in [-0.05, 0) is 44.5 Å². The normalized spacial score (nSPS) is 10.8. The number of aryl methyl sites for hydroxylation is 2. The Morgan fingerprint density at radius 2 is 1.84 bits per heavy atom. The second-order valence-electron chi connectivity index (χ2n) is 7.17. The molecule has 2 aromatic carbocycles. The van der Waals surface area contributed by atoms with Gasteiger partial charge in [-0.3, -0.25) is 4.79 Å². The third kappa shape index (κ3) is 4.05. The number of nitrogens with one attached hydrogen (secondary N) is 1. The highest BCUT2D eigenvalue weighted by Crippen LogP contribution is 2.26. The second kappa shape index (κ2) is 8.43. The van der Waals surface area contributed by atoms with E-state index in [2.05, 4.69) is 20.6 Å². The zero-order valence-corrected chi connectivity index (χ0v) is 17.8. The maximum Gasteiger partial charge on any atom is 0.278 e. The van der Waals surface area contributed by atoms with Gasteiger partial charge in [-0.1, -0.05) is 35.5 Å². The number of anilines is 1. The Hall–Kier alpha value is -3.94. The van der Waals surface area contributed by atoms with Crippen LogP contribution in [-0.4, -0.2) is 33.0 Å². The van der Waals surface area contributed by atoms with E-state index in [1.165, 1.54) is 0 Å². The minimum absolute atomic E-state index is 0.242. The van der Waals surface area contributed by atoms with Gasteiger partial charge in [-0.25, -0.2) is 9.67 Å². The molecule has 0 aliphatic rings. The number of ether oxygens (including phenoxy) is 1. The summed E-state index contributed by atoms with van der Waals surface area (Å²) in [6, 6.07) is 15.1. The van der Waals surface area contributed by atoms with Gasteiger partial charge in [0.2, 0.25) is 5.89 Å². The van der Waals surface area contributed by atoms with E-state index in [9.17, 15) is 4.79 Å². The van der Waals surface area contributed by atoms with Crippen LogP contribution >= 0.6 is 0 Å². The van der Waals surface area contributed by atoms with Crippen LogP contribution in [0.3, 0.4) is 0 Å². The van der Waals surface area contributed by atoms with E-state index in [1.807, 2.05) is 50.2 Å². The fourth-order valence-electron chi connectivity index (χ4n) is 3.29. The Morgan fingerprint density at radius 3 is 2.61 bits per heavy atom. The molecule has 0 aliphatic carbocycles. The maximum absolute atomic E-state index is 12.7. The molecule has 0 unspecified atom stereocenters. The number of hydrogen-bond donors (Lipinski definition) is 1. The number of rotatable bonds is 6. The van der Waals surface area contributed by atoms with Crippen LogP contribution in [0.25, 0.3) is 11.5 Å². The number of carbonyl (C=O) groups excluding carboxylic acids is 1. The summed E-state index contributed by atoms with van der Waals surface area (Å²) in [6.07, 6.45) is 0. The Bertz CT molecular complexity index is 1240. The van der Waals surface area contributed by atoms with Gasteiger partial charge in [-0.2, -0.15) is 0 Å². The number of para-hydroxylation sites is 2. The molecular formula is C23H23N5O3. The van der Waals surface area contributed by atoms with Gasteiger partial charge in [0.1, 0.15) is 17.2 Å². The molecule has 2 heterocycles. The molecule has 1 N–H and O–H groups in total. The summed E-state index contributed by atoms with van der Waals surface area (Å²) >= 11 is 0. The van der Waals surface area contributed by atoms with Crippen LogP contribution in [0.2, 0.25) is 0 Å². The maximum atomic E-state index is 12.7. The summed E-state index contributed by atoms with van der Waals surface area (Å²) in [5.41, 5.74) is 4.21. The Balaban J connectivity index is 1.55. The predicted octanol–water partition coefficient (Wildman–Crippen LogP) is 4.17. The molecular weight excluding hydrogens is 394 g/mol. The molecule has 0 fully saturated rings. The molecule has 8 nitrogen and oxygen atoms in total. The first-order valence-corrected chi connectivity index (χ1v) is 9.84. The van der Waals surface area contributed by atoms with Crippen LogP contribution < -0.4 is 10.1 Å². The molecule has 2 aromatic heterocycles. The summed E-state index contributed by atoms with van der Waals surface area (Å²) in [4.78, 5) is 17.4. The minimum atomic E-state index is -0.356. The number of nitrogens with zero attached hydrogens (tertiary/aromatic N) is 4. The molecule has 31 heavy (non-hydrogen) atoms. The van der Waals surface area contributed by atoms with Crippen LogP contribution in [0.15, 0.2) is 52.9 Å². The first-order chi connectivity index (χ1) is 15.0. The van der Waals surface area contributed by atoms with Crippen molar-refractivity contribution in [3.05, 3.63) is 76.9 Å². The summed E-state index contributed by atoms with van der Waals surface area (Å²) < 4.78 is 12.8. The van der Waals surface area contributed by atoms with Gasteiger partial charge < -0.3 is 14.5 Å². The zero-order chi connectivity index (χ0) is 22.0. The number of hydrogen-bond acceptors (Lipinski definition) is 6. The van der Waals surface area contributed by atoms with Crippen molar-refractivity contribution in [3.63, 3.8) is 0 Å². The summed E-state index contributed by atoms with van der Waals surface area (Å²) in [7, 11) is 1.55. The van der Waals surface area contributed by atoms with E-state index in [4.69, 9.17) is 9.15 Å². The third-order valence-electron chi connectivity index (χ3n) is 5.12. The quantitative estimate of drug-likeness (QED) is 0.506. The van der Waals surface area contributed by atoms with Crippen LogP contribution in [0, 0.1) is 20.8 Å². The fraction of sp³-hybridized carbons (Fsp3) is 0.217. The monoisotopic (exact) mass is 417 g/mol. The summed E-state index contributed by atoms with van der Waals surface area (Å²) in [5.74, 6) is 1.49. The molecule has 0 radical (unpaired) electrons. The molecule has 158 valence electrons. The fourth-order valence-corrected chi connectivity index (χ4v) is 3.29. The van der Waals surface area contributed by atoms with Crippen LogP contribution in [-0.2, 0) is 6.54 Å². The van der Waals surface area contributed by atoms with Crippen molar-refractivity contribution in [2.45, 2.75) is 27.3 Å². The van der Waals surface area contributed by atoms with Gasteiger partial charge in [0, 0.05) is 5.56 Å². The Labute approximate surface area is 179 Å². The lowest BCUT2D eigenvalue weighted by Gasteiger charge is -2.09. The first-order valence-electron chi connectivity index (χ1n) is 9.84. The van der Waals surface area contributed by atoms with E-state index in [-0.39, 0.29) is 11.6 Å². The van der Waals surface area contributed by atoms with E-state index < -0.39 is 0 Å². The molecule has 0 saturated carbocycles. The highest BCUT2D eigenvalue weighted by atomic mass is 16.5. The number of carbonyl (C=O) groups is 1. The number of oxazole rings is 1. The minimum Gasteiger partial charge on any atom is -0.495 e. The zero-order valence-electron chi connectivity index (χ0n) is 17.8. The van der Waals surface area contributed by atoms with Crippen LogP contribution in [0.5, 0.6) is 5.75 Å². The van der Waals surface area contributed by atoms with E-state index >= 15 is 0 Å². The van der Waals surface area contributed by atoms with Crippen molar-refractivity contribution >= 4 is 11.6 Å². The number of benzene rings is 2. The molecule has 0 saturated heterocycles. The topological polar surface area (TPSA) is 95.1 Å². The van der Waals surface area contributed by atoms with Gasteiger partial charge >= 0.3 is 0 Å². The molecule has 0 atom stereocenters. The average molecular weight is 417 g/mol. The summed E-state index contributed by atoms with van der Waals surface area (Å²) in [6.45, 7) is 6.03. The molecule has 4 aromatic rings. The van der Waals surface area contributed by atoms with Gasteiger partial charge in [0.15, 0.2) is 5.69 Å². The van der Waals surface area contributed by atoms with E-state index in [1.54, 1.807) is 30.8 Å². The molecule has 8 heteroatoms. The standard InChI is InChI=1S/C23H23N5O3/c1-14-9-5-6-10-17(14)23-25-19(16(3)31-23)13-28-15(2)21(26-27-28)22(29)24-18-11-7-8-12-20(18)30-4/h5-12H,13H2,1-4H3,(H,24,29). The number of aromatic nitrogens is 4. The SMILES string of the molecule is COc1ccccc1NC(=O)c1nnn(Cc2nc(-c3ccccc3C)oc2C)c1C. The third-order valence-corrected chi connectivity index (χ3v) is 5.12. The lowest BCUT2D eigenvalue weighted by molar-refractivity contribution is 0.102. The van der Waals surface area contributed by atoms with Crippen LogP contribution in [0.4, 0.5) is 5.69 Å². The Morgan fingerprint density at radius 1 is 1.10 bits per heavy atom. The number of amides is 1. The van der Waals surface area contributed by atoms with Crippen molar-refractivity contribution < 1.29 is 13.9 Å². The smallest absolute Gasteiger partial charge is 0.278 e. The highest BCUT2D eigenvalue weighted by Gasteiger charge is 2.20. The summed E-state index contributed by atoms with van der Waals surface area (Å²) in [5, 5.41) is 11.0. The van der Waals surface area contributed by atoms with Gasteiger partial charge in [0.25, 0.3) is 5.91 Å². The molecule has 1 amide bonds. The van der Waals surface area contributed by atoms with Crippen molar-refractivity contribution in [2.24, 2.45) is 0 Å². The van der Waals surface area contributed by atoms with Crippen molar-refractivity contribution in [1.29, 1.82) is 0 Å². The molecule has 0 bridgehead atoms. The lowest BCUT2D eigenvalue weighted by atomic mass is 10.1. The predicted molar refractivity (Wildman–Crippen MR) is 116 cm³/mol. The average Bonchev–Trinajstić information content (AvgIpc) is 3.31. The van der Waals surface area contributed by atoms with Crippen molar-refractivity contribution in [3.8, 4) is 17.2 Å². The number of methoxy groups -OCH3 is 1. The molecule has 0 aliphatic heterocycles. The highest BCUT2D eigenvalue weighted by molar-refractivity contribution is 6.04. The van der Waals surface area contributed by atoms with E-state index in [0.717, 1.165) is 16.8 Å². The second-order valence-corrected chi connectivity index (χ2v) is 7.17. The van der Waals surface area contributed by atoms with E-state index in [0.29, 0.717) is 35.3 Å². The van der Waals surface area contributed by atoms with Crippen molar-refractivity contribution in [2.75, 3.05) is 12.4 Å². The largest absolute Gasteiger partial charge is 0.495 e. The van der Waals surface area contributed by atoms with Crippen molar-refractivity contribution in [1.82, 2.24) is 20.0 Å².